The third kappa shape index (κ3) is 6.19. The third-order valence-corrected chi connectivity index (χ3v) is 7.90. The average Bonchev–Trinajstić information content (AvgIpc) is 3.21. The number of hydrogen-bond donors (Lipinski definition) is 1. The minimum absolute atomic E-state index is 0.0538. The molecule has 38 heavy (non-hydrogen) atoms. The Kier molecular flexibility index (Phi) is 8.40. The van der Waals surface area contributed by atoms with Crippen LogP contribution < -0.4 is 10.2 Å². The third-order valence-electron chi connectivity index (χ3n) is 6.10. The second kappa shape index (κ2) is 11.9. The predicted molar refractivity (Wildman–Crippen MR) is 148 cm³/mol. The molecule has 0 spiro atoms. The molecular weight excluding hydrogens is 500 g/mol. The highest BCUT2D eigenvalue weighted by Crippen LogP contribution is 2.22. The Bertz CT molecular complexity index is 1510. The van der Waals surface area contributed by atoms with Crippen molar-refractivity contribution in [2.24, 2.45) is 5.10 Å². The molecule has 1 aromatic heterocycles. The lowest BCUT2D eigenvalue weighted by Crippen LogP contribution is -2.39. The van der Waals surface area contributed by atoms with Crippen LogP contribution in [0.3, 0.4) is 0 Å². The van der Waals surface area contributed by atoms with E-state index in [4.69, 9.17) is 4.74 Å². The van der Waals surface area contributed by atoms with Crippen LogP contribution in [0.2, 0.25) is 0 Å². The van der Waals surface area contributed by atoms with Gasteiger partial charge < -0.3 is 9.30 Å². The molecule has 0 bridgehead atoms. The first-order valence-corrected chi connectivity index (χ1v) is 13.5. The van der Waals surface area contributed by atoms with Crippen LogP contribution >= 0.6 is 0 Å². The summed E-state index contributed by atoms with van der Waals surface area (Å²) in [7, 11) is -2.28. The van der Waals surface area contributed by atoms with Gasteiger partial charge in [0.2, 0.25) is 10.0 Å². The van der Waals surface area contributed by atoms with Crippen molar-refractivity contribution in [3.8, 4) is 11.4 Å². The van der Waals surface area contributed by atoms with Crippen molar-refractivity contribution >= 4 is 22.1 Å². The van der Waals surface area contributed by atoms with Crippen LogP contribution in [0.5, 0.6) is 5.75 Å². The number of hydrazone groups is 1. The minimum atomic E-state index is -3.91. The fourth-order valence-corrected chi connectivity index (χ4v) is 5.58. The Labute approximate surface area is 223 Å². The van der Waals surface area contributed by atoms with Crippen molar-refractivity contribution in [1.82, 2.24) is 14.3 Å². The standard InChI is InChI=1S/C29H30N4O4S/c1-22-18-25(23(2)33(22)26-14-16-27(37-3)17-15-26)19-30-31-29(34)21-32(20-24-10-6-4-7-11-24)38(35,36)28-12-8-5-9-13-28/h4-19H,20-21H2,1-3H3,(H,31,34)/b30-19+. The van der Waals surface area contributed by atoms with Crippen molar-refractivity contribution in [3.63, 3.8) is 0 Å². The maximum absolute atomic E-state index is 13.3. The molecule has 0 saturated carbocycles. The number of carbonyl (C=O) groups excluding carboxylic acids is 1. The van der Waals surface area contributed by atoms with Crippen molar-refractivity contribution in [2.75, 3.05) is 13.7 Å². The number of carbonyl (C=O) groups is 1. The van der Waals surface area contributed by atoms with Crippen LogP contribution in [0.25, 0.3) is 5.69 Å². The van der Waals surface area contributed by atoms with E-state index in [1.165, 1.54) is 12.1 Å². The van der Waals surface area contributed by atoms with E-state index < -0.39 is 15.9 Å². The van der Waals surface area contributed by atoms with Crippen LogP contribution in [-0.2, 0) is 21.4 Å². The summed E-state index contributed by atoms with van der Waals surface area (Å²) >= 11 is 0. The van der Waals surface area contributed by atoms with Crippen molar-refractivity contribution in [2.45, 2.75) is 25.3 Å². The molecule has 0 aliphatic rings. The molecule has 1 amide bonds. The highest BCUT2D eigenvalue weighted by molar-refractivity contribution is 7.89. The quantitative estimate of drug-likeness (QED) is 0.242. The lowest BCUT2D eigenvalue weighted by atomic mass is 10.2. The monoisotopic (exact) mass is 530 g/mol. The lowest BCUT2D eigenvalue weighted by Gasteiger charge is -2.21. The second-order valence-corrected chi connectivity index (χ2v) is 10.7. The number of sulfonamides is 1. The molecule has 0 atom stereocenters. The molecule has 0 radical (unpaired) electrons. The number of aryl methyl sites for hydroxylation is 1. The van der Waals surface area contributed by atoms with Crippen molar-refractivity contribution in [3.05, 3.63) is 114 Å². The Morgan fingerprint density at radius 1 is 0.974 bits per heavy atom. The molecule has 0 fully saturated rings. The molecule has 0 unspecified atom stereocenters. The van der Waals surface area contributed by atoms with E-state index in [0.717, 1.165) is 38.3 Å². The average molecular weight is 531 g/mol. The summed E-state index contributed by atoms with van der Waals surface area (Å²) < 4.78 is 35.1. The van der Waals surface area contributed by atoms with E-state index in [1.54, 1.807) is 31.5 Å². The fourth-order valence-electron chi connectivity index (χ4n) is 4.17. The number of methoxy groups -OCH3 is 1. The van der Waals surface area contributed by atoms with Crippen LogP contribution in [0, 0.1) is 13.8 Å². The Morgan fingerprint density at radius 2 is 1.61 bits per heavy atom. The Hall–Kier alpha value is -4.21. The van der Waals surface area contributed by atoms with Gasteiger partial charge in [-0.25, -0.2) is 13.8 Å². The first-order chi connectivity index (χ1) is 18.3. The molecule has 8 nitrogen and oxygen atoms in total. The van der Waals surface area contributed by atoms with E-state index in [0.29, 0.717) is 0 Å². The van der Waals surface area contributed by atoms with Crippen LogP contribution in [-0.4, -0.2) is 43.1 Å². The highest BCUT2D eigenvalue weighted by atomic mass is 32.2. The molecule has 0 aliphatic heterocycles. The van der Waals surface area contributed by atoms with E-state index in [9.17, 15) is 13.2 Å². The molecular formula is C29H30N4O4S. The summed E-state index contributed by atoms with van der Waals surface area (Å²) in [5.74, 6) is 0.233. The van der Waals surface area contributed by atoms with E-state index in [-0.39, 0.29) is 18.0 Å². The van der Waals surface area contributed by atoms with E-state index in [1.807, 2.05) is 74.5 Å². The topological polar surface area (TPSA) is 93.0 Å². The summed E-state index contributed by atoms with van der Waals surface area (Å²) in [5, 5.41) is 4.11. The number of aromatic nitrogens is 1. The molecule has 4 rings (SSSR count). The predicted octanol–water partition coefficient (Wildman–Crippen LogP) is 4.44. The van der Waals surface area contributed by atoms with Gasteiger partial charge in [-0.15, -0.1) is 0 Å². The maximum Gasteiger partial charge on any atom is 0.255 e. The highest BCUT2D eigenvalue weighted by Gasteiger charge is 2.26. The molecule has 4 aromatic rings. The SMILES string of the molecule is COc1ccc(-n2c(C)cc(/C=N/NC(=O)CN(Cc3ccccc3)S(=O)(=O)c3ccccc3)c2C)cc1. The smallest absolute Gasteiger partial charge is 0.255 e. The first-order valence-electron chi connectivity index (χ1n) is 12.0. The molecule has 9 heteroatoms. The number of amides is 1. The summed E-state index contributed by atoms with van der Waals surface area (Å²) in [6.45, 7) is 3.63. The number of ether oxygens (including phenoxy) is 1. The number of benzene rings is 3. The summed E-state index contributed by atoms with van der Waals surface area (Å²) in [6.07, 6.45) is 1.56. The van der Waals surface area contributed by atoms with Gasteiger partial charge in [-0.05, 0) is 61.9 Å². The zero-order valence-electron chi connectivity index (χ0n) is 21.5. The first kappa shape index (κ1) is 26.8. The van der Waals surface area contributed by atoms with Crippen LogP contribution in [0.1, 0.15) is 22.5 Å². The van der Waals surface area contributed by atoms with E-state index in [2.05, 4.69) is 15.1 Å². The molecule has 0 aliphatic carbocycles. The Morgan fingerprint density at radius 3 is 2.24 bits per heavy atom. The van der Waals surface area contributed by atoms with Crippen LogP contribution in [0.15, 0.2) is 101 Å². The van der Waals surface area contributed by atoms with Gasteiger partial charge >= 0.3 is 0 Å². The molecule has 1 heterocycles. The zero-order chi connectivity index (χ0) is 27.1. The number of nitrogens with zero attached hydrogens (tertiary/aromatic N) is 3. The van der Waals surface area contributed by atoms with Gasteiger partial charge in [0.1, 0.15) is 5.75 Å². The van der Waals surface area contributed by atoms with Gasteiger partial charge in [0.25, 0.3) is 5.91 Å². The lowest BCUT2D eigenvalue weighted by molar-refractivity contribution is -0.121. The van der Waals surface area contributed by atoms with Gasteiger partial charge in [-0.2, -0.15) is 9.41 Å². The summed E-state index contributed by atoms with van der Waals surface area (Å²) in [5.41, 5.74) is 7.01. The maximum atomic E-state index is 13.3. The van der Waals surface area contributed by atoms with Gasteiger partial charge in [0.05, 0.1) is 24.8 Å². The normalized spacial score (nSPS) is 11.7. The van der Waals surface area contributed by atoms with Gasteiger partial charge in [-0.3, -0.25) is 4.79 Å². The largest absolute Gasteiger partial charge is 0.497 e. The van der Waals surface area contributed by atoms with Gasteiger partial charge in [-0.1, -0.05) is 48.5 Å². The van der Waals surface area contributed by atoms with Gasteiger partial charge in [0.15, 0.2) is 0 Å². The summed E-state index contributed by atoms with van der Waals surface area (Å²) in [6, 6.07) is 26.9. The molecule has 1 N–H and O–H groups in total. The fraction of sp³-hybridized carbons (Fsp3) is 0.172. The van der Waals surface area contributed by atoms with Crippen molar-refractivity contribution in [1.29, 1.82) is 0 Å². The molecule has 0 saturated heterocycles. The van der Waals surface area contributed by atoms with Crippen molar-refractivity contribution < 1.29 is 17.9 Å². The van der Waals surface area contributed by atoms with Crippen LogP contribution in [0.4, 0.5) is 0 Å². The zero-order valence-corrected chi connectivity index (χ0v) is 22.4. The summed E-state index contributed by atoms with van der Waals surface area (Å²) in [4.78, 5) is 12.9. The van der Waals surface area contributed by atoms with E-state index >= 15 is 0 Å². The number of rotatable bonds is 10. The second-order valence-electron chi connectivity index (χ2n) is 8.72. The molecule has 196 valence electrons. The number of hydrogen-bond acceptors (Lipinski definition) is 5. The minimum Gasteiger partial charge on any atom is -0.497 e. The molecule has 3 aromatic carbocycles. The number of nitrogens with one attached hydrogen (secondary N) is 1. The Balaban J connectivity index is 1.49. The van der Waals surface area contributed by atoms with Gasteiger partial charge in [0, 0.05) is 29.2 Å².